The van der Waals surface area contributed by atoms with E-state index in [1.807, 2.05) is 12.1 Å². The fourth-order valence-corrected chi connectivity index (χ4v) is 3.67. The highest BCUT2D eigenvalue weighted by atomic mass is 16.5. The topological polar surface area (TPSA) is 64.1 Å². The molecule has 2 N–H and O–H groups in total. The lowest BCUT2D eigenvalue weighted by atomic mass is 10.1. The zero-order chi connectivity index (χ0) is 20.7. The normalized spacial score (nSPS) is 15.6. The molecule has 6 heteroatoms. The van der Waals surface area contributed by atoms with Gasteiger partial charge in [0.25, 0.3) is 0 Å². The largest absolute Gasteiger partial charge is 0.493 e. The third-order valence-electron chi connectivity index (χ3n) is 5.40. The van der Waals surface area contributed by atoms with Crippen molar-refractivity contribution in [2.24, 2.45) is 4.99 Å². The second kappa shape index (κ2) is 14.1. The van der Waals surface area contributed by atoms with Gasteiger partial charge in [0.2, 0.25) is 0 Å². The van der Waals surface area contributed by atoms with Crippen LogP contribution in [0.15, 0.2) is 23.2 Å². The molecule has 0 aromatic heterocycles. The first-order valence-electron chi connectivity index (χ1n) is 11.0. The number of hydrogen-bond donors (Lipinski definition) is 2. The molecule has 2 rings (SSSR count). The molecule has 164 valence electrons. The highest BCUT2D eigenvalue weighted by Gasteiger charge is 2.11. The number of benzene rings is 1. The molecule has 0 saturated heterocycles. The summed E-state index contributed by atoms with van der Waals surface area (Å²) in [6.45, 7) is 2.59. The molecule has 0 spiro atoms. The fourth-order valence-electron chi connectivity index (χ4n) is 3.67. The van der Waals surface area contributed by atoms with Gasteiger partial charge in [-0.05, 0) is 49.8 Å². The number of aliphatic imine (C=N–C) groups is 1. The van der Waals surface area contributed by atoms with Crippen LogP contribution in [0.2, 0.25) is 0 Å². The summed E-state index contributed by atoms with van der Waals surface area (Å²) in [6.07, 6.45) is 11.5. The first-order chi connectivity index (χ1) is 14.3. The SMILES string of the molecule is CN=C(NCCCCOC1CCCCCC1)NCCc1ccc(OC)c(OC)c1. The van der Waals surface area contributed by atoms with E-state index in [0.717, 1.165) is 56.4 Å². The van der Waals surface area contributed by atoms with E-state index in [1.54, 1.807) is 21.3 Å². The number of unbranched alkanes of at least 4 members (excludes halogenated alkanes) is 1. The molecule has 1 aliphatic rings. The Morgan fingerprint density at radius 1 is 0.966 bits per heavy atom. The van der Waals surface area contributed by atoms with Crippen molar-refractivity contribution in [2.75, 3.05) is 41.0 Å². The Kier molecular flexibility index (Phi) is 11.3. The number of ether oxygens (including phenoxy) is 3. The minimum absolute atomic E-state index is 0.497. The van der Waals surface area contributed by atoms with Crippen molar-refractivity contribution < 1.29 is 14.2 Å². The van der Waals surface area contributed by atoms with E-state index >= 15 is 0 Å². The van der Waals surface area contributed by atoms with Gasteiger partial charge in [0.1, 0.15) is 0 Å². The van der Waals surface area contributed by atoms with Gasteiger partial charge < -0.3 is 24.8 Å². The van der Waals surface area contributed by atoms with Gasteiger partial charge in [-0.15, -0.1) is 0 Å². The molecule has 0 radical (unpaired) electrons. The molecular weight excluding hydrogens is 366 g/mol. The van der Waals surface area contributed by atoms with Crippen LogP contribution in [0.4, 0.5) is 0 Å². The van der Waals surface area contributed by atoms with Gasteiger partial charge in [0.05, 0.1) is 20.3 Å². The lowest BCUT2D eigenvalue weighted by molar-refractivity contribution is 0.0411. The van der Waals surface area contributed by atoms with Gasteiger partial charge in [-0.3, -0.25) is 4.99 Å². The predicted octanol–water partition coefficient (Wildman–Crippen LogP) is 3.93. The molecule has 0 bridgehead atoms. The van der Waals surface area contributed by atoms with Crippen molar-refractivity contribution >= 4 is 5.96 Å². The molecule has 0 unspecified atom stereocenters. The Morgan fingerprint density at radius 2 is 1.69 bits per heavy atom. The Morgan fingerprint density at radius 3 is 2.38 bits per heavy atom. The summed E-state index contributed by atoms with van der Waals surface area (Å²) >= 11 is 0. The average molecular weight is 406 g/mol. The minimum Gasteiger partial charge on any atom is -0.493 e. The molecule has 1 fully saturated rings. The van der Waals surface area contributed by atoms with Crippen LogP contribution in [0.1, 0.15) is 56.9 Å². The number of methoxy groups -OCH3 is 2. The van der Waals surface area contributed by atoms with E-state index in [0.29, 0.717) is 6.10 Å². The van der Waals surface area contributed by atoms with Crippen molar-refractivity contribution in [1.29, 1.82) is 0 Å². The first kappa shape index (κ1) is 23.3. The van der Waals surface area contributed by atoms with Crippen LogP contribution >= 0.6 is 0 Å². The summed E-state index contributed by atoms with van der Waals surface area (Å²) < 4.78 is 16.7. The summed E-state index contributed by atoms with van der Waals surface area (Å²) in [6, 6.07) is 6.02. The third kappa shape index (κ3) is 8.94. The van der Waals surface area contributed by atoms with Crippen LogP contribution in [0.5, 0.6) is 11.5 Å². The van der Waals surface area contributed by atoms with Gasteiger partial charge in [-0.2, -0.15) is 0 Å². The molecule has 1 aromatic carbocycles. The number of guanidine groups is 1. The lowest BCUT2D eigenvalue weighted by Gasteiger charge is -2.15. The number of hydrogen-bond acceptors (Lipinski definition) is 4. The van der Waals surface area contributed by atoms with Crippen molar-refractivity contribution in [3.05, 3.63) is 23.8 Å². The molecular formula is C23H39N3O3. The first-order valence-corrected chi connectivity index (χ1v) is 11.0. The molecule has 0 aliphatic heterocycles. The summed E-state index contributed by atoms with van der Waals surface area (Å²) in [5, 5.41) is 6.75. The summed E-state index contributed by atoms with van der Waals surface area (Å²) in [5.74, 6) is 2.36. The van der Waals surface area contributed by atoms with Crippen LogP contribution in [0.3, 0.4) is 0 Å². The second-order valence-electron chi connectivity index (χ2n) is 7.56. The van der Waals surface area contributed by atoms with Gasteiger partial charge in [-0.25, -0.2) is 0 Å². The maximum absolute atomic E-state index is 6.05. The van der Waals surface area contributed by atoms with Gasteiger partial charge in [-0.1, -0.05) is 31.7 Å². The monoisotopic (exact) mass is 405 g/mol. The van der Waals surface area contributed by atoms with E-state index in [1.165, 1.54) is 44.1 Å². The summed E-state index contributed by atoms with van der Waals surface area (Å²) in [5.41, 5.74) is 1.20. The molecule has 29 heavy (non-hydrogen) atoms. The van der Waals surface area contributed by atoms with Gasteiger partial charge in [0.15, 0.2) is 17.5 Å². The van der Waals surface area contributed by atoms with Gasteiger partial charge in [0, 0.05) is 26.7 Å². The lowest BCUT2D eigenvalue weighted by Crippen LogP contribution is -2.38. The smallest absolute Gasteiger partial charge is 0.190 e. The molecule has 6 nitrogen and oxygen atoms in total. The fraction of sp³-hybridized carbons (Fsp3) is 0.696. The molecule has 1 aliphatic carbocycles. The van der Waals surface area contributed by atoms with Crippen molar-refractivity contribution in [2.45, 2.75) is 63.9 Å². The Bertz CT molecular complexity index is 599. The van der Waals surface area contributed by atoms with Crippen LogP contribution < -0.4 is 20.1 Å². The predicted molar refractivity (Wildman–Crippen MR) is 119 cm³/mol. The molecule has 1 saturated carbocycles. The van der Waals surface area contributed by atoms with E-state index in [4.69, 9.17) is 14.2 Å². The van der Waals surface area contributed by atoms with Crippen molar-refractivity contribution in [1.82, 2.24) is 10.6 Å². The van der Waals surface area contributed by atoms with E-state index in [2.05, 4.69) is 21.7 Å². The van der Waals surface area contributed by atoms with E-state index in [-0.39, 0.29) is 0 Å². The summed E-state index contributed by atoms with van der Waals surface area (Å²) in [7, 11) is 5.12. The minimum atomic E-state index is 0.497. The molecule has 1 aromatic rings. The van der Waals surface area contributed by atoms with Crippen LogP contribution in [0.25, 0.3) is 0 Å². The number of nitrogens with zero attached hydrogens (tertiary/aromatic N) is 1. The maximum atomic E-state index is 6.05. The van der Waals surface area contributed by atoms with Crippen LogP contribution in [0, 0.1) is 0 Å². The van der Waals surface area contributed by atoms with Crippen molar-refractivity contribution in [3.8, 4) is 11.5 Å². The molecule has 0 amide bonds. The summed E-state index contributed by atoms with van der Waals surface area (Å²) in [4.78, 5) is 4.30. The van der Waals surface area contributed by atoms with Crippen LogP contribution in [-0.4, -0.2) is 53.0 Å². The average Bonchev–Trinajstić information content (AvgIpc) is 3.03. The quantitative estimate of drug-likeness (QED) is 0.253. The Labute approximate surface area is 176 Å². The standard InChI is InChI=1S/C23H39N3O3/c1-24-23(25-15-8-9-17-29-20-10-6-4-5-7-11-20)26-16-14-19-12-13-21(27-2)22(18-19)28-3/h12-13,18,20H,4-11,14-17H2,1-3H3,(H2,24,25,26). The van der Waals surface area contributed by atoms with E-state index < -0.39 is 0 Å². The van der Waals surface area contributed by atoms with Crippen LogP contribution in [-0.2, 0) is 11.2 Å². The Balaban J connectivity index is 1.57. The zero-order valence-electron chi connectivity index (χ0n) is 18.5. The number of rotatable bonds is 11. The van der Waals surface area contributed by atoms with E-state index in [9.17, 15) is 0 Å². The second-order valence-corrected chi connectivity index (χ2v) is 7.56. The Hall–Kier alpha value is -1.95. The maximum Gasteiger partial charge on any atom is 0.190 e. The highest BCUT2D eigenvalue weighted by Crippen LogP contribution is 2.27. The zero-order valence-corrected chi connectivity index (χ0v) is 18.5. The molecule has 0 heterocycles. The molecule has 0 atom stereocenters. The highest BCUT2D eigenvalue weighted by molar-refractivity contribution is 5.79. The number of nitrogens with one attached hydrogen (secondary N) is 2. The van der Waals surface area contributed by atoms with Crippen molar-refractivity contribution in [3.63, 3.8) is 0 Å². The third-order valence-corrected chi connectivity index (χ3v) is 5.40. The van der Waals surface area contributed by atoms with Gasteiger partial charge >= 0.3 is 0 Å².